The van der Waals surface area contributed by atoms with Gasteiger partial charge >= 0.3 is 0 Å². The Morgan fingerprint density at radius 1 is 1.12 bits per heavy atom. The predicted molar refractivity (Wildman–Crippen MR) is 73.3 cm³/mol. The fourth-order valence-electron chi connectivity index (χ4n) is 2.42. The van der Waals surface area contributed by atoms with Gasteiger partial charge in [0, 0.05) is 13.1 Å². The first kappa shape index (κ1) is 10.9. The van der Waals surface area contributed by atoms with Crippen molar-refractivity contribution >= 4 is 11.4 Å². The number of nitrogen functional groups attached to an aromatic ring is 1. The van der Waals surface area contributed by atoms with Crippen LogP contribution in [-0.2, 0) is 0 Å². The van der Waals surface area contributed by atoms with Crippen molar-refractivity contribution in [1.29, 1.82) is 0 Å². The van der Waals surface area contributed by atoms with E-state index in [2.05, 4.69) is 30.0 Å². The van der Waals surface area contributed by atoms with Gasteiger partial charge in [0.1, 0.15) is 0 Å². The van der Waals surface area contributed by atoms with Crippen LogP contribution in [0.5, 0.6) is 0 Å². The third-order valence-electron chi connectivity index (χ3n) is 3.88. The third kappa shape index (κ3) is 2.74. The maximum absolute atomic E-state index is 6.14. The number of nitrogens with two attached hydrogens (primary N) is 1. The van der Waals surface area contributed by atoms with Crippen LogP contribution in [0.1, 0.15) is 31.2 Å². The van der Waals surface area contributed by atoms with E-state index >= 15 is 0 Å². The van der Waals surface area contributed by atoms with Gasteiger partial charge in [0.2, 0.25) is 0 Å². The molecule has 0 aliphatic heterocycles. The van der Waals surface area contributed by atoms with Crippen LogP contribution < -0.4 is 10.6 Å². The van der Waals surface area contributed by atoms with Crippen LogP contribution >= 0.6 is 0 Å². The molecule has 0 atom stereocenters. The van der Waals surface area contributed by atoms with Gasteiger partial charge in [-0.05, 0) is 62.1 Å². The van der Waals surface area contributed by atoms with E-state index in [-0.39, 0.29) is 0 Å². The number of anilines is 2. The van der Waals surface area contributed by atoms with Gasteiger partial charge in [0.15, 0.2) is 0 Å². The van der Waals surface area contributed by atoms with Crippen LogP contribution in [0.25, 0.3) is 0 Å². The lowest BCUT2D eigenvalue weighted by molar-refractivity contribution is 0.680. The molecule has 1 aromatic rings. The molecule has 0 radical (unpaired) electrons. The fraction of sp³-hybridized carbons (Fsp3) is 0.600. The maximum atomic E-state index is 6.14. The van der Waals surface area contributed by atoms with E-state index in [9.17, 15) is 0 Å². The highest BCUT2D eigenvalue weighted by Gasteiger charge is 2.29. The van der Waals surface area contributed by atoms with E-state index in [1.165, 1.54) is 50.0 Å². The molecule has 2 nitrogen and oxygen atoms in total. The molecule has 0 spiro atoms. The molecular formula is C15H22N2. The number of hydrogen-bond acceptors (Lipinski definition) is 2. The van der Waals surface area contributed by atoms with Gasteiger partial charge in [-0.1, -0.05) is 6.07 Å². The Kier molecular flexibility index (Phi) is 2.73. The Morgan fingerprint density at radius 3 is 2.24 bits per heavy atom. The zero-order chi connectivity index (χ0) is 11.8. The normalized spacial score (nSPS) is 19.4. The smallest absolute Gasteiger partial charge is 0.0602 e. The van der Waals surface area contributed by atoms with E-state index in [0.29, 0.717) is 0 Å². The van der Waals surface area contributed by atoms with Gasteiger partial charge in [-0.2, -0.15) is 0 Å². The summed E-state index contributed by atoms with van der Waals surface area (Å²) in [6.07, 6.45) is 5.64. The lowest BCUT2D eigenvalue weighted by Crippen LogP contribution is -2.28. The molecule has 3 rings (SSSR count). The van der Waals surface area contributed by atoms with Crippen molar-refractivity contribution in [3.05, 3.63) is 23.8 Å². The summed E-state index contributed by atoms with van der Waals surface area (Å²) in [5, 5.41) is 0. The highest BCUT2D eigenvalue weighted by atomic mass is 15.1. The summed E-state index contributed by atoms with van der Waals surface area (Å²) in [7, 11) is 0. The van der Waals surface area contributed by atoms with E-state index in [1.54, 1.807) is 0 Å². The van der Waals surface area contributed by atoms with Crippen LogP contribution in [0.15, 0.2) is 18.2 Å². The molecule has 2 aliphatic rings. The minimum absolute atomic E-state index is 0.925. The molecule has 0 amide bonds. The standard InChI is InChI=1S/C15H22N2/c1-11-2-7-14(16)15(8-11)17(9-12-3-4-12)10-13-5-6-13/h2,7-8,12-13H,3-6,9-10,16H2,1H3. The molecule has 0 aromatic heterocycles. The minimum atomic E-state index is 0.925. The second-order valence-electron chi connectivity index (χ2n) is 5.85. The van der Waals surface area contributed by atoms with E-state index in [1.807, 2.05) is 0 Å². The van der Waals surface area contributed by atoms with Gasteiger partial charge in [-0.3, -0.25) is 0 Å². The zero-order valence-electron chi connectivity index (χ0n) is 10.7. The Balaban J connectivity index is 1.80. The highest BCUT2D eigenvalue weighted by Crippen LogP contribution is 2.37. The summed E-state index contributed by atoms with van der Waals surface area (Å²) in [6.45, 7) is 4.57. The van der Waals surface area contributed by atoms with Gasteiger partial charge in [0.25, 0.3) is 0 Å². The first-order valence-electron chi connectivity index (χ1n) is 6.83. The number of nitrogens with zero attached hydrogens (tertiary/aromatic N) is 1. The Labute approximate surface area is 104 Å². The number of aryl methyl sites for hydroxylation is 1. The van der Waals surface area contributed by atoms with Gasteiger partial charge < -0.3 is 10.6 Å². The topological polar surface area (TPSA) is 29.3 Å². The molecule has 92 valence electrons. The lowest BCUT2D eigenvalue weighted by Gasteiger charge is -2.26. The zero-order valence-corrected chi connectivity index (χ0v) is 10.7. The fourth-order valence-corrected chi connectivity index (χ4v) is 2.42. The molecule has 2 fully saturated rings. The Morgan fingerprint density at radius 2 is 1.71 bits per heavy atom. The second-order valence-corrected chi connectivity index (χ2v) is 5.85. The molecule has 1 aromatic carbocycles. The lowest BCUT2D eigenvalue weighted by atomic mass is 10.1. The van der Waals surface area contributed by atoms with Gasteiger partial charge in [-0.25, -0.2) is 0 Å². The summed E-state index contributed by atoms with van der Waals surface area (Å²) in [4.78, 5) is 2.54. The number of rotatable bonds is 5. The molecule has 0 unspecified atom stereocenters. The molecule has 2 saturated carbocycles. The van der Waals surface area contributed by atoms with Gasteiger partial charge in [0.05, 0.1) is 11.4 Å². The van der Waals surface area contributed by atoms with Crippen LogP contribution in [0, 0.1) is 18.8 Å². The van der Waals surface area contributed by atoms with Crippen molar-refractivity contribution in [3.63, 3.8) is 0 Å². The van der Waals surface area contributed by atoms with Gasteiger partial charge in [-0.15, -0.1) is 0 Å². The highest BCUT2D eigenvalue weighted by molar-refractivity contribution is 5.68. The average Bonchev–Trinajstić information content (AvgIpc) is 3.15. The van der Waals surface area contributed by atoms with Crippen molar-refractivity contribution in [2.45, 2.75) is 32.6 Å². The van der Waals surface area contributed by atoms with E-state index in [4.69, 9.17) is 5.73 Å². The molecule has 0 heterocycles. The summed E-state index contributed by atoms with van der Waals surface area (Å²) in [5.41, 5.74) is 9.66. The molecule has 2 heteroatoms. The summed E-state index contributed by atoms with van der Waals surface area (Å²) >= 11 is 0. The molecule has 0 bridgehead atoms. The SMILES string of the molecule is Cc1ccc(N)c(N(CC2CC2)CC2CC2)c1. The summed E-state index contributed by atoms with van der Waals surface area (Å²) < 4.78 is 0. The first-order valence-corrected chi connectivity index (χ1v) is 6.83. The maximum Gasteiger partial charge on any atom is 0.0602 e. The van der Waals surface area contributed by atoms with E-state index < -0.39 is 0 Å². The number of hydrogen-bond donors (Lipinski definition) is 1. The molecule has 17 heavy (non-hydrogen) atoms. The minimum Gasteiger partial charge on any atom is -0.397 e. The predicted octanol–water partition coefficient (Wildman–Crippen LogP) is 3.20. The number of benzene rings is 1. The first-order chi connectivity index (χ1) is 8.22. The summed E-state index contributed by atoms with van der Waals surface area (Å²) in [6, 6.07) is 6.41. The van der Waals surface area contributed by atoms with Crippen LogP contribution in [0.3, 0.4) is 0 Å². The molecular weight excluding hydrogens is 208 g/mol. The molecule has 0 saturated heterocycles. The van der Waals surface area contributed by atoms with Crippen molar-refractivity contribution in [1.82, 2.24) is 0 Å². The van der Waals surface area contributed by atoms with Crippen molar-refractivity contribution < 1.29 is 0 Å². The van der Waals surface area contributed by atoms with Crippen molar-refractivity contribution in [2.24, 2.45) is 11.8 Å². The van der Waals surface area contributed by atoms with Crippen molar-refractivity contribution in [2.75, 3.05) is 23.7 Å². The second kappa shape index (κ2) is 4.25. The molecule has 2 aliphatic carbocycles. The van der Waals surface area contributed by atoms with Crippen LogP contribution in [0.2, 0.25) is 0 Å². The quantitative estimate of drug-likeness (QED) is 0.787. The largest absolute Gasteiger partial charge is 0.397 e. The van der Waals surface area contributed by atoms with E-state index in [0.717, 1.165) is 17.5 Å². The van der Waals surface area contributed by atoms with Crippen molar-refractivity contribution in [3.8, 4) is 0 Å². The summed E-state index contributed by atoms with van der Waals surface area (Å²) in [5.74, 6) is 1.85. The Bertz CT molecular complexity index is 391. The van der Waals surface area contributed by atoms with Crippen LogP contribution in [-0.4, -0.2) is 13.1 Å². The Hall–Kier alpha value is -1.18. The monoisotopic (exact) mass is 230 g/mol. The average molecular weight is 230 g/mol. The molecule has 2 N–H and O–H groups in total. The third-order valence-corrected chi connectivity index (χ3v) is 3.88. The van der Waals surface area contributed by atoms with Crippen LogP contribution in [0.4, 0.5) is 11.4 Å².